The van der Waals surface area contributed by atoms with Crippen LogP contribution >= 0.6 is 34.8 Å². The predicted molar refractivity (Wildman–Crippen MR) is 84.7 cm³/mol. The van der Waals surface area contributed by atoms with Gasteiger partial charge in [-0.05, 0) is 29.8 Å². The van der Waals surface area contributed by atoms with Crippen LogP contribution < -0.4 is 5.73 Å². The summed E-state index contributed by atoms with van der Waals surface area (Å²) in [6, 6.07) is 7.87. The van der Waals surface area contributed by atoms with Crippen LogP contribution in [0.25, 0.3) is 11.0 Å². The van der Waals surface area contributed by atoms with Crippen molar-refractivity contribution in [2.75, 3.05) is 5.73 Å². The van der Waals surface area contributed by atoms with Gasteiger partial charge in [0.2, 0.25) is 5.95 Å². The van der Waals surface area contributed by atoms with E-state index in [1.807, 2.05) is 0 Å². The normalized spacial score (nSPS) is 11.2. The lowest BCUT2D eigenvalue weighted by molar-refractivity contribution is 0.627. The average molecular weight is 345 g/mol. The fraction of sp³-hybridized carbons (Fsp3) is 0.0714. The summed E-state index contributed by atoms with van der Waals surface area (Å²) in [6.07, 6.45) is 0. The van der Waals surface area contributed by atoms with E-state index in [1.54, 1.807) is 28.8 Å². The molecular formula is C14H9Cl3FN3. The van der Waals surface area contributed by atoms with E-state index in [-0.39, 0.29) is 5.02 Å². The highest BCUT2D eigenvalue weighted by Crippen LogP contribution is 2.29. The molecule has 2 aromatic carbocycles. The van der Waals surface area contributed by atoms with Gasteiger partial charge < -0.3 is 10.3 Å². The van der Waals surface area contributed by atoms with Crippen molar-refractivity contribution in [1.82, 2.24) is 9.55 Å². The number of hydrogen-bond donors (Lipinski definition) is 1. The van der Waals surface area contributed by atoms with Crippen molar-refractivity contribution in [3.63, 3.8) is 0 Å². The first kappa shape index (κ1) is 14.4. The third-order valence-corrected chi connectivity index (χ3v) is 4.16. The Bertz CT molecular complexity index is 845. The molecule has 3 rings (SSSR count). The molecule has 3 aromatic rings. The minimum absolute atomic E-state index is 0.0663. The van der Waals surface area contributed by atoms with Crippen LogP contribution in [-0.4, -0.2) is 9.55 Å². The predicted octanol–water partition coefficient (Wildman–Crippen LogP) is 4.77. The number of aromatic nitrogens is 2. The minimum atomic E-state index is -0.460. The summed E-state index contributed by atoms with van der Waals surface area (Å²) in [7, 11) is 0. The summed E-state index contributed by atoms with van der Waals surface area (Å²) >= 11 is 17.8. The molecule has 0 aliphatic carbocycles. The molecule has 0 unspecified atom stereocenters. The fourth-order valence-electron chi connectivity index (χ4n) is 2.13. The molecule has 7 heteroatoms. The number of nitrogens with two attached hydrogens (primary N) is 1. The molecule has 0 atom stereocenters. The second kappa shape index (κ2) is 5.37. The lowest BCUT2D eigenvalue weighted by Gasteiger charge is -2.08. The van der Waals surface area contributed by atoms with Crippen LogP contribution in [0.3, 0.4) is 0 Å². The van der Waals surface area contributed by atoms with E-state index in [0.717, 1.165) is 11.1 Å². The Morgan fingerprint density at radius 2 is 1.76 bits per heavy atom. The van der Waals surface area contributed by atoms with Crippen molar-refractivity contribution in [1.29, 1.82) is 0 Å². The molecule has 0 saturated heterocycles. The molecule has 0 spiro atoms. The lowest BCUT2D eigenvalue weighted by Crippen LogP contribution is -2.04. The van der Waals surface area contributed by atoms with E-state index >= 15 is 0 Å². The van der Waals surface area contributed by atoms with Crippen molar-refractivity contribution < 1.29 is 4.39 Å². The number of anilines is 1. The van der Waals surface area contributed by atoms with Crippen LogP contribution in [0, 0.1) is 5.82 Å². The van der Waals surface area contributed by atoms with Crippen LogP contribution in [0.15, 0.2) is 30.3 Å². The van der Waals surface area contributed by atoms with Crippen molar-refractivity contribution in [3.05, 3.63) is 56.8 Å². The zero-order valence-corrected chi connectivity index (χ0v) is 12.8. The lowest BCUT2D eigenvalue weighted by atomic mass is 10.2. The largest absolute Gasteiger partial charge is 0.369 e. The van der Waals surface area contributed by atoms with E-state index in [9.17, 15) is 4.39 Å². The van der Waals surface area contributed by atoms with E-state index in [4.69, 9.17) is 40.5 Å². The van der Waals surface area contributed by atoms with Crippen molar-refractivity contribution in [2.24, 2.45) is 0 Å². The van der Waals surface area contributed by atoms with Crippen molar-refractivity contribution >= 4 is 51.8 Å². The maximum absolute atomic E-state index is 13.2. The summed E-state index contributed by atoms with van der Waals surface area (Å²) in [6.45, 7) is 0.403. The molecule has 0 amide bonds. The van der Waals surface area contributed by atoms with Gasteiger partial charge in [0.05, 0.1) is 32.6 Å². The second-order valence-electron chi connectivity index (χ2n) is 4.56. The minimum Gasteiger partial charge on any atom is -0.369 e. The van der Waals surface area contributed by atoms with Gasteiger partial charge in [-0.2, -0.15) is 0 Å². The van der Waals surface area contributed by atoms with Gasteiger partial charge in [-0.15, -0.1) is 0 Å². The fourth-order valence-corrected chi connectivity index (χ4v) is 2.64. The highest BCUT2D eigenvalue weighted by atomic mass is 35.5. The summed E-state index contributed by atoms with van der Waals surface area (Å²) in [5.41, 5.74) is 8.13. The number of imidazole rings is 1. The number of benzene rings is 2. The molecule has 0 aliphatic heterocycles. The Kier molecular flexibility index (Phi) is 3.69. The first-order valence-corrected chi connectivity index (χ1v) is 7.14. The Morgan fingerprint density at radius 1 is 1.05 bits per heavy atom. The average Bonchev–Trinajstić information content (AvgIpc) is 2.71. The topological polar surface area (TPSA) is 43.8 Å². The number of halogens is 4. The third-order valence-electron chi connectivity index (χ3n) is 3.14. The summed E-state index contributed by atoms with van der Waals surface area (Å²) in [4.78, 5) is 4.24. The van der Waals surface area contributed by atoms with Gasteiger partial charge in [-0.1, -0.05) is 40.9 Å². The smallest absolute Gasteiger partial charge is 0.201 e. The van der Waals surface area contributed by atoms with Crippen LogP contribution in [0.2, 0.25) is 15.1 Å². The van der Waals surface area contributed by atoms with Gasteiger partial charge in [0.25, 0.3) is 0 Å². The monoisotopic (exact) mass is 343 g/mol. The maximum Gasteiger partial charge on any atom is 0.201 e. The molecule has 0 bridgehead atoms. The molecule has 108 valence electrons. The van der Waals surface area contributed by atoms with Gasteiger partial charge in [0.1, 0.15) is 5.82 Å². The summed E-state index contributed by atoms with van der Waals surface area (Å²) in [5.74, 6) is -0.137. The van der Waals surface area contributed by atoms with Crippen molar-refractivity contribution in [2.45, 2.75) is 6.54 Å². The number of hydrogen-bond acceptors (Lipinski definition) is 2. The number of nitrogens with zero attached hydrogens (tertiary/aromatic N) is 2. The molecule has 0 fully saturated rings. The Balaban J connectivity index is 2.09. The van der Waals surface area contributed by atoms with Crippen LogP contribution in [-0.2, 0) is 6.54 Å². The Hall–Kier alpha value is -1.49. The van der Waals surface area contributed by atoms with E-state index in [1.165, 1.54) is 6.07 Å². The molecule has 1 aromatic heterocycles. The van der Waals surface area contributed by atoms with E-state index in [2.05, 4.69) is 4.98 Å². The highest BCUT2D eigenvalue weighted by molar-refractivity contribution is 6.42. The van der Waals surface area contributed by atoms with Crippen LogP contribution in [0.4, 0.5) is 10.3 Å². The summed E-state index contributed by atoms with van der Waals surface area (Å²) in [5, 5.41) is 0.901. The molecule has 0 aliphatic rings. The Labute approximate surface area is 135 Å². The Morgan fingerprint density at radius 3 is 2.48 bits per heavy atom. The molecule has 3 nitrogen and oxygen atoms in total. The third kappa shape index (κ3) is 2.67. The van der Waals surface area contributed by atoms with Gasteiger partial charge in [0.15, 0.2) is 0 Å². The molecular weight excluding hydrogens is 336 g/mol. The van der Waals surface area contributed by atoms with E-state index in [0.29, 0.717) is 28.1 Å². The number of rotatable bonds is 2. The first-order valence-electron chi connectivity index (χ1n) is 6.00. The SMILES string of the molecule is Nc1nc2cc(Cl)c(Cl)cc2n1Cc1ccc(F)c(Cl)c1. The highest BCUT2D eigenvalue weighted by Gasteiger charge is 2.12. The zero-order valence-electron chi connectivity index (χ0n) is 10.6. The summed E-state index contributed by atoms with van der Waals surface area (Å²) < 4.78 is 15.0. The van der Waals surface area contributed by atoms with Crippen molar-refractivity contribution in [3.8, 4) is 0 Å². The molecule has 0 saturated carbocycles. The molecule has 2 N–H and O–H groups in total. The van der Waals surface area contributed by atoms with Gasteiger partial charge >= 0.3 is 0 Å². The van der Waals surface area contributed by atoms with Gasteiger partial charge in [0, 0.05) is 0 Å². The van der Waals surface area contributed by atoms with Crippen LogP contribution in [0.1, 0.15) is 5.56 Å². The van der Waals surface area contributed by atoms with Gasteiger partial charge in [-0.3, -0.25) is 0 Å². The second-order valence-corrected chi connectivity index (χ2v) is 5.78. The standard InChI is InChI=1S/C14H9Cl3FN3/c15-8-4-12-13(5-9(8)16)21(14(19)20-12)6-7-1-2-11(18)10(17)3-7/h1-5H,6H2,(H2,19,20). The first-order chi connectivity index (χ1) is 9.95. The number of fused-ring (bicyclic) bond motifs is 1. The van der Waals surface area contributed by atoms with Gasteiger partial charge in [-0.25, -0.2) is 9.37 Å². The van der Waals surface area contributed by atoms with Crippen LogP contribution in [0.5, 0.6) is 0 Å². The number of nitrogen functional groups attached to an aromatic ring is 1. The van der Waals surface area contributed by atoms with E-state index < -0.39 is 5.82 Å². The molecule has 1 heterocycles. The molecule has 21 heavy (non-hydrogen) atoms. The zero-order chi connectivity index (χ0) is 15.1. The quantitative estimate of drug-likeness (QED) is 0.728. The maximum atomic E-state index is 13.2. The molecule has 0 radical (unpaired) electrons.